The number of nitrogens with two attached hydrogens (primary N) is 1. The van der Waals surface area contributed by atoms with E-state index in [9.17, 15) is 17.6 Å². The summed E-state index contributed by atoms with van der Waals surface area (Å²) in [6.45, 7) is -0.236. The Labute approximate surface area is 112 Å². The van der Waals surface area contributed by atoms with Crippen LogP contribution >= 0.6 is 0 Å². The Morgan fingerprint density at radius 1 is 1.15 bits per heavy atom. The van der Waals surface area contributed by atoms with Crippen molar-refractivity contribution in [3.05, 3.63) is 53.3 Å². The molecule has 2 N–H and O–H groups in total. The van der Waals surface area contributed by atoms with E-state index in [4.69, 9.17) is 10.5 Å². The molecule has 0 radical (unpaired) electrons. The zero-order valence-corrected chi connectivity index (χ0v) is 10.1. The van der Waals surface area contributed by atoms with Gasteiger partial charge in [-0.1, -0.05) is 18.2 Å². The maximum Gasteiger partial charge on any atom is 0.416 e. The summed E-state index contributed by atoms with van der Waals surface area (Å²) in [6, 6.07) is 7.21. The van der Waals surface area contributed by atoms with Crippen LogP contribution in [0.5, 0.6) is 5.88 Å². The molecule has 0 amide bonds. The molecular weight excluding hydrogens is 276 g/mol. The average molecular weight is 286 g/mol. The number of ether oxygens (including phenoxy) is 1. The normalized spacial score (nSPS) is 11.4. The highest BCUT2D eigenvalue weighted by Crippen LogP contribution is 2.32. The van der Waals surface area contributed by atoms with Crippen molar-refractivity contribution in [1.29, 1.82) is 0 Å². The average Bonchev–Trinajstić information content (AvgIpc) is 2.36. The number of benzene rings is 1. The summed E-state index contributed by atoms with van der Waals surface area (Å²) >= 11 is 0. The number of hydrogen-bond acceptors (Lipinski definition) is 3. The van der Waals surface area contributed by atoms with Gasteiger partial charge in [0.25, 0.3) is 0 Å². The molecule has 1 aromatic carbocycles. The van der Waals surface area contributed by atoms with Gasteiger partial charge in [0.15, 0.2) is 0 Å². The van der Waals surface area contributed by atoms with E-state index in [0.29, 0.717) is 6.07 Å². The Hall–Kier alpha value is -2.31. The number of nitrogens with zero attached hydrogens (tertiary/aromatic N) is 1. The van der Waals surface area contributed by atoms with Gasteiger partial charge in [0.1, 0.15) is 18.2 Å². The fourth-order valence-electron chi connectivity index (χ4n) is 1.53. The molecule has 1 heterocycles. The number of pyridine rings is 1. The lowest BCUT2D eigenvalue weighted by Gasteiger charge is -2.11. The maximum absolute atomic E-state index is 13.3. The Kier molecular flexibility index (Phi) is 3.78. The van der Waals surface area contributed by atoms with Crippen LogP contribution in [0, 0.1) is 5.82 Å². The molecule has 0 atom stereocenters. The highest BCUT2D eigenvalue weighted by molar-refractivity contribution is 5.38. The van der Waals surface area contributed by atoms with Crippen LogP contribution in [-0.4, -0.2) is 4.98 Å². The first-order valence-corrected chi connectivity index (χ1v) is 5.57. The predicted molar refractivity (Wildman–Crippen MR) is 64.4 cm³/mol. The Morgan fingerprint density at radius 2 is 1.85 bits per heavy atom. The van der Waals surface area contributed by atoms with Crippen molar-refractivity contribution in [2.24, 2.45) is 0 Å². The van der Waals surface area contributed by atoms with Crippen LogP contribution in [0.15, 0.2) is 36.4 Å². The van der Waals surface area contributed by atoms with Gasteiger partial charge in [-0.25, -0.2) is 4.39 Å². The number of aromatic nitrogens is 1. The van der Waals surface area contributed by atoms with Crippen molar-refractivity contribution in [1.82, 2.24) is 4.98 Å². The van der Waals surface area contributed by atoms with Gasteiger partial charge in [0, 0.05) is 11.6 Å². The van der Waals surface area contributed by atoms with Crippen molar-refractivity contribution in [2.45, 2.75) is 12.8 Å². The third-order valence-electron chi connectivity index (χ3n) is 2.48. The van der Waals surface area contributed by atoms with E-state index in [1.54, 1.807) is 6.07 Å². The van der Waals surface area contributed by atoms with E-state index in [-0.39, 0.29) is 23.9 Å². The minimum Gasteiger partial charge on any atom is -0.473 e. The van der Waals surface area contributed by atoms with Crippen LogP contribution < -0.4 is 10.5 Å². The second-order valence-electron chi connectivity index (χ2n) is 4.00. The number of anilines is 1. The first-order valence-electron chi connectivity index (χ1n) is 5.57. The van der Waals surface area contributed by atoms with E-state index in [1.807, 2.05) is 0 Å². The van der Waals surface area contributed by atoms with Gasteiger partial charge < -0.3 is 10.5 Å². The Balaban J connectivity index is 2.18. The van der Waals surface area contributed by atoms with Crippen LogP contribution in [0.3, 0.4) is 0 Å². The predicted octanol–water partition coefficient (Wildman–Crippen LogP) is 3.40. The van der Waals surface area contributed by atoms with Gasteiger partial charge in [-0.2, -0.15) is 18.2 Å². The summed E-state index contributed by atoms with van der Waals surface area (Å²) in [4.78, 5) is 3.63. The second kappa shape index (κ2) is 5.36. The zero-order chi connectivity index (χ0) is 14.8. The largest absolute Gasteiger partial charge is 0.473 e. The molecule has 0 saturated heterocycles. The van der Waals surface area contributed by atoms with E-state index < -0.39 is 17.6 Å². The second-order valence-corrected chi connectivity index (χ2v) is 4.00. The molecule has 0 saturated carbocycles. The molecule has 20 heavy (non-hydrogen) atoms. The lowest BCUT2D eigenvalue weighted by Crippen LogP contribution is -2.08. The summed E-state index contributed by atoms with van der Waals surface area (Å²) in [5.74, 6) is -1.13. The molecule has 7 heteroatoms. The van der Waals surface area contributed by atoms with Gasteiger partial charge in [-0.15, -0.1) is 0 Å². The Morgan fingerprint density at radius 3 is 2.50 bits per heavy atom. The first kappa shape index (κ1) is 14.1. The lowest BCUT2D eigenvalue weighted by atomic mass is 10.2. The van der Waals surface area contributed by atoms with Crippen molar-refractivity contribution < 1.29 is 22.3 Å². The van der Waals surface area contributed by atoms with Gasteiger partial charge in [-0.05, 0) is 12.1 Å². The van der Waals surface area contributed by atoms with Crippen LogP contribution in [0.4, 0.5) is 23.4 Å². The van der Waals surface area contributed by atoms with Crippen LogP contribution in [0.1, 0.15) is 11.1 Å². The number of rotatable bonds is 3. The summed E-state index contributed by atoms with van der Waals surface area (Å²) in [6.07, 6.45) is -4.55. The molecule has 0 fully saturated rings. The van der Waals surface area contributed by atoms with Crippen molar-refractivity contribution in [3.63, 3.8) is 0 Å². The smallest absolute Gasteiger partial charge is 0.416 e. The molecule has 1 aromatic heterocycles. The van der Waals surface area contributed by atoms with E-state index >= 15 is 0 Å². The van der Waals surface area contributed by atoms with Gasteiger partial charge in [-0.3, -0.25) is 0 Å². The van der Waals surface area contributed by atoms with Crippen LogP contribution in [0.2, 0.25) is 0 Å². The van der Waals surface area contributed by atoms with Crippen molar-refractivity contribution in [3.8, 4) is 5.88 Å². The molecule has 0 aliphatic carbocycles. The van der Waals surface area contributed by atoms with Gasteiger partial charge >= 0.3 is 6.18 Å². The van der Waals surface area contributed by atoms with E-state index in [2.05, 4.69) is 4.98 Å². The topological polar surface area (TPSA) is 48.1 Å². The maximum atomic E-state index is 13.3. The molecule has 0 aliphatic rings. The number of nitrogen functional groups attached to an aromatic ring is 1. The molecular formula is C13H10F4N2O. The van der Waals surface area contributed by atoms with Crippen molar-refractivity contribution in [2.75, 3.05) is 5.73 Å². The van der Waals surface area contributed by atoms with Gasteiger partial charge in [0.2, 0.25) is 5.88 Å². The summed E-state index contributed by atoms with van der Waals surface area (Å²) in [5, 5.41) is 0. The minimum atomic E-state index is -4.55. The number of halogens is 4. The standard InChI is InChI=1S/C13H10F4N2O/c14-10-4-2-1-3-8(10)7-20-12-6-9(13(15,16)17)5-11(18)19-12/h1-6H,7H2,(H2,18,19). The molecule has 0 aliphatic heterocycles. The number of hydrogen-bond donors (Lipinski definition) is 1. The van der Waals surface area contributed by atoms with E-state index in [1.165, 1.54) is 18.2 Å². The molecule has 106 valence electrons. The quantitative estimate of drug-likeness (QED) is 0.880. The fraction of sp³-hybridized carbons (Fsp3) is 0.154. The highest BCUT2D eigenvalue weighted by atomic mass is 19.4. The molecule has 0 spiro atoms. The summed E-state index contributed by atoms with van der Waals surface area (Å²) < 4.78 is 56.1. The van der Waals surface area contributed by atoms with Crippen LogP contribution in [-0.2, 0) is 12.8 Å². The minimum absolute atomic E-state index is 0.213. The Bertz CT molecular complexity index is 614. The van der Waals surface area contributed by atoms with Gasteiger partial charge in [0.05, 0.1) is 5.56 Å². The third kappa shape index (κ3) is 3.37. The third-order valence-corrected chi connectivity index (χ3v) is 2.48. The fourth-order valence-corrected chi connectivity index (χ4v) is 1.53. The zero-order valence-electron chi connectivity index (χ0n) is 10.1. The molecule has 3 nitrogen and oxygen atoms in total. The molecule has 0 unspecified atom stereocenters. The molecule has 2 rings (SSSR count). The molecule has 0 bridgehead atoms. The van der Waals surface area contributed by atoms with E-state index in [0.717, 1.165) is 6.07 Å². The monoisotopic (exact) mass is 286 g/mol. The summed E-state index contributed by atoms with van der Waals surface area (Å²) in [5.41, 5.74) is 4.54. The highest BCUT2D eigenvalue weighted by Gasteiger charge is 2.31. The summed E-state index contributed by atoms with van der Waals surface area (Å²) in [7, 11) is 0. The van der Waals surface area contributed by atoms with Crippen molar-refractivity contribution >= 4 is 5.82 Å². The van der Waals surface area contributed by atoms with Crippen LogP contribution in [0.25, 0.3) is 0 Å². The number of alkyl halides is 3. The SMILES string of the molecule is Nc1cc(C(F)(F)F)cc(OCc2ccccc2F)n1. The first-order chi connectivity index (χ1) is 9.36. The lowest BCUT2D eigenvalue weighted by molar-refractivity contribution is -0.137. The molecule has 2 aromatic rings.